The maximum absolute atomic E-state index is 11.3. The van der Waals surface area contributed by atoms with Gasteiger partial charge in [-0.15, -0.1) is 0 Å². The molecule has 1 fully saturated rings. The highest BCUT2D eigenvalue weighted by Gasteiger charge is 2.22. The first-order chi connectivity index (χ1) is 13.7. The van der Waals surface area contributed by atoms with Gasteiger partial charge in [0.2, 0.25) is 0 Å². The van der Waals surface area contributed by atoms with Gasteiger partial charge >= 0.3 is 6.09 Å². The second kappa shape index (κ2) is 5.77. The summed E-state index contributed by atoms with van der Waals surface area (Å²) in [5.74, 6) is 0. The highest BCUT2D eigenvalue weighted by Crippen LogP contribution is 2.21. The van der Waals surface area contributed by atoms with E-state index in [4.69, 9.17) is 17.1 Å². The Bertz CT molecular complexity index is 1000. The van der Waals surface area contributed by atoms with Crippen LogP contribution in [0.3, 0.4) is 0 Å². The Morgan fingerprint density at radius 1 is 1.62 bits per heavy atom. The lowest BCUT2D eigenvalue weighted by molar-refractivity contribution is 0.177. The Labute approximate surface area is 136 Å². The van der Waals surface area contributed by atoms with Gasteiger partial charge in [0.1, 0.15) is 6.61 Å². The first-order valence-electron chi connectivity index (χ1n) is 11.0. The molecule has 1 aromatic carbocycles. The summed E-state index contributed by atoms with van der Waals surface area (Å²) in [6.45, 7) is -3.08. The molecular weight excluding hydrogens is 266 g/mol. The smallest absolute Gasteiger partial charge is 0.407 e. The zero-order valence-electron chi connectivity index (χ0n) is 20.5. The summed E-state index contributed by atoms with van der Waals surface area (Å²) in [6.07, 6.45) is -3.30. The molecule has 0 saturated carbocycles. The van der Waals surface area contributed by atoms with Gasteiger partial charge in [-0.2, -0.15) is 0 Å². The summed E-state index contributed by atoms with van der Waals surface area (Å²) in [5, 5.41) is 2.50. The molecule has 1 saturated heterocycles. The molecule has 0 radical (unpaired) electrons. The number of nitrogens with one attached hydrogen (secondary N) is 2. The van der Waals surface area contributed by atoms with E-state index in [9.17, 15) is 4.79 Å². The molecular formula is C16H21N3O2. The van der Waals surface area contributed by atoms with Crippen LogP contribution >= 0.6 is 0 Å². The van der Waals surface area contributed by atoms with Gasteiger partial charge in [-0.1, -0.05) is 6.04 Å². The molecule has 0 aliphatic carbocycles. The second-order valence-electron chi connectivity index (χ2n) is 4.91. The van der Waals surface area contributed by atoms with Crippen molar-refractivity contribution in [3.63, 3.8) is 0 Å². The molecule has 0 bridgehead atoms. The van der Waals surface area contributed by atoms with Crippen LogP contribution in [-0.4, -0.2) is 49.2 Å². The number of rotatable bonds is 5. The van der Waals surface area contributed by atoms with Crippen LogP contribution in [0.2, 0.25) is 0 Å². The minimum Gasteiger partial charge on any atom is -0.447 e. The van der Waals surface area contributed by atoms with E-state index < -0.39 is 32.0 Å². The third-order valence-electron chi connectivity index (χ3n) is 3.11. The number of carbonyl (C=O) groups is 1. The van der Waals surface area contributed by atoms with Crippen molar-refractivity contribution in [1.82, 2.24) is 15.2 Å². The molecule has 3 rings (SSSR count). The van der Waals surface area contributed by atoms with E-state index in [1.807, 2.05) is 0 Å². The fourth-order valence-corrected chi connectivity index (χ4v) is 2.13. The predicted octanol–water partition coefficient (Wildman–Crippen LogP) is 1.92. The number of ether oxygens (including phenoxy) is 1. The molecule has 2 heterocycles. The van der Waals surface area contributed by atoms with Crippen molar-refractivity contribution in [2.45, 2.75) is 18.8 Å². The number of hydrogen-bond acceptors (Lipinski definition) is 3. The molecule has 1 aliphatic rings. The molecule has 112 valence electrons. The van der Waals surface area contributed by atoms with Crippen molar-refractivity contribution in [3.05, 3.63) is 35.4 Å². The molecule has 1 aromatic heterocycles. The van der Waals surface area contributed by atoms with E-state index in [0.717, 1.165) is 4.90 Å². The fraction of sp³-hybridized carbons (Fsp3) is 0.438. The Kier molecular flexibility index (Phi) is 1.88. The number of aromatic nitrogens is 1. The molecule has 1 aliphatic heterocycles. The molecule has 1 atom stereocenters. The highest BCUT2D eigenvalue weighted by molar-refractivity contribution is 5.84. The Hall–Kier alpha value is -2.01. The molecule has 2 N–H and O–H groups in total. The molecule has 21 heavy (non-hydrogen) atoms. The minimum atomic E-state index is -2.55. The van der Waals surface area contributed by atoms with Crippen LogP contribution < -0.4 is 5.32 Å². The molecule has 5 heteroatoms. The lowest BCUT2D eigenvalue weighted by atomic mass is 10.0. The number of benzene rings is 1. The molecule has 2 aromatic rings. The van der Waals surface area contributed by atoms with Crippen molar-refractivity contribution < 1.29 is 21.9 Å². The van der Waals surface area contributed by atoms with Crippen LogP contribution in [0.4, 0.5) is 4.79 Å². The Balaban J connectivity index is 2.14. The summed E-state index contributed by atoms with van der Waals surface area (Å²) in [5.41, 5.74) is -0.149. The van der Waals surface area contributed by atoms with E-state index in [-0.39, 0.29) is 59.4 Å². The van der Waals surface area contributed by atoms with Crippen molar-refractivity contribution in [3.8, 4) is 0 Å². The zero-order valence-corrected chi connectivity index (χ0v) is 11.5. The summed E-state index contributed by atoms with van der Waals surface area (Å²) < 4.78 is 77.3. The number of cyclic esters (lactones) is 1. The van der Waals surface area contributed by atoms with E-state index >= 15 is 0 Å². The number of likely N-dealkylation sites (N-methyl/N-ethyl adjacent to an activating group) is 1. The molecule has 0 unspecified atom stereocenters. The van der Waals surface area contributed by atoms with Crippen molar-refractivity contribution in [2.24, 2.45) is 0 Å². The number of alkyl carbamates (subject to hydrolysis) is 1. The van der Waals surface area contributed by atoms with Crippen LogP contribution in [-0.2, 0) is 17.5 Å². The first kappa shape index (κ1) is 6.83. The quantitative estimate of drug-likeness (QED) is 0.886. The predicted molar refractivity (Wildman–Crippen MR) is 82.5 cm³/mol. The number of aromatic amines is 1. The number of H-pyrrole nitrogens is 1. The summed E-state index contributed by atoms with van der Waals surface area (Å²) in [6, 6.07) is -1.31. The van der Waals surface area contributed by atoms with E-state index in [1.54, 1.807) is 0 Å². The monoisotopic (exact) mass is 296 g/mol. The number of fused-ring (bicyclic) bond motifs is 1. The third-order valence-corrected chi connectivity index (χ3v) is 3.11. The SMILES string of the molecule is [2H]c1[nH]c2c([2H])c([2H])c(C[C@H]3COC(=O)N3)c([2H])c2c1C([2H])([2H])CN(C)C([2H])([2H])[2H]. The molecule has 5 nitrogen and oxygen atoms in total. The number of nitrogens with zero attached hydrogens (tertiary/aromatic N) is 1. The first-order valence-corrected chi connectivity index (χ1v) is 6.50. The van der Waals surface area contributed by atoms with Crippen LogP contribution in [0.25, 0.3) is 10.9 Å². The van der Waals surface area contributed by atoms with Gasteiger partial charge in [0.05, 0.1) is 11.5 Å². The zero-order chi connectivity index (χ0) is 22.6. The number of amides is 1. The van der Waals surface area contributed by atoms with Gasteiger partial charge in [0.15, 0.2) is 0 Å². The van der Waals surface area contributed by atoms with E-state index in [0.29, 0.717) is 0 Å². The number of carbonyl (C=O) groups excluding carboxylic acids is 1. The lowest BCUT2D eigenvalue weighted by Crippen LogP contribution is -2.28. The van der Waals surface area contributed by atoms with Gasteiger partial charge in [-0.3, -0.25) is 0 Å². The van der Waals surface area contributed by atoms with Gasteiger partial charge < -0.3 is 19.9 Å². The fourth-order valence-electron chi connectivity index (χ4n) is 2.13. The highest BCUT2D eigenvalue weighted by atomic mass is 16.6. The molecule has 0 spiro atoms. The third kappa shape index (κ3) is 3.19. The van der Waals surface area contributed by atoms with Crippen molar-refractivity contribution in [1.29, 1.82) is 0 Å². The normalized spacial score (nSPS) is 25.7. The minimum absolute atomic E-state index is 0.0270. The van der Waals surface area contributed by atoms with Crippen LogP contribution in [0.5, 0.6) is 0 Å². The summed E-state index contributed by atoms with van der Waals surface area (Å²) in [4.78, 5) is 14.7. The van der Waals surface area contributed by atoms with E-state index in [1.165, 1.54) is 7.05 Å². The number of hydrogen-bond donors (Lipinski definition) is 2. The Morgan fingerprint density at radius 3 is 3.29 bits per heavy atom. The van der Waals surface area contributed by atoms with E-state index in [2.05, 4.69) is 10.3 Å². The van der Waals surface area contributed by atoms with Crippen LogP contribution in [0.15, 0.2) is 24.3 Å². The average molecular weight is 296 g/mol. The summed E-state index contributed by atoms with van der Waals surface area (Å²) in [7, 11) is 1.23. The van der Waals surface area contributed by atoms with Gasteiger partial charge in [0.25, 0.3) is 0 Å². The van der Waals surface area contributed by atoms with Crippen LogP contribution in [0.1, 0.15) is 23.5 Å². The molecule has 1 amide bonds. The average Bonchev–Trinajstić information content (AvgIpc) is 3.19. The van der Waals surface area contributed by atoms with Gasteiger partial charge in [0, 0.05) is 30.5 Å². The second-order valence-corrected chi connectivity index (χ2v) is 4.91. The Morgan fingerprint density at radius 2 is 2.52 bits per heavy atom. The topological polar surface area (TPSA) is 57.4 Å². The summed E-state index contributed by atoms with van der Waals surface area (Å²) >= 11 is 0. The standard InChI is InChI=1S/C16H21N3O2/c1-19(2)6-5-12-9-17-15-4-3-11(8-14(12)15)7-13-10-21-16(20)18-13/h3-4,8-9,13,17H,5-7,10H2,1-2H3,(H,18,20)/t13-/m0/s1/i1D3,3D,4D,5D2,8D,9D. The maximum atomic E-state index is 11.3. The van der Waals surface area contributed by atoms with Crippen molar-refractivity contribution in [2.75, 3.05) is 27.2 Å². The van der Waals surface area contributed by atoms with Gasteiger partial charge in [-0.05, 0) is 50.0 Å². The maximum Gasteiger partial charge on any atom is 0.407 e. The van der Waals surface area contributed by atoms with Crippen LogP contribution in [0, 0.1) is 0 Å². The van der Waals surface area contributed by atoms with Crippen molar-refractivity contribution >= 4 is 17.0 Å². The largest absolute Gasteiger partial charge is 0.447 e. The van der Waals surface area contributed by atoms with Gasteiger partial charge in [-0.25, -0.2) is 4.79 Å². The lowest BCUT2D eigenvalue weighted by Gasteiger charge is -2.09.